The molecule has 1 saturated heterocycles. The second kappa shape index (κ2) is 22.3. The molecule has 0 bridgehead atoms. The molecule has 0 aliphatic carbocycles. The Labute approximate surface area is 285 Å². The van der Waals surface area contributed by atoms with E-state index in [9.17, 15) is 28.8 Å². The Kier molecular flexibility index (Phi) is 19.8. The third-order valence-corrected chi connectivity index (χ3v) is 7.48. The lowest BCUT2D eigenvalue weighted by molar-refractivity contribution is -0.222. The van der Waals surface area contributed by atoms with E-state index in [1.54, 1.807) is 20.8 Å². The third-order valence-electron chi connectivity index (χ3n) is 7.48. The quantitative estimate of drug-likeness (QED) is 0.0716. The van der Waals surface area contributed by atoms with Crippen LogP contribution >= 0.6 is 0 Å². The number of ether oxygens (including phenoxy) is 5. The zero-order valence-electron chi connectivity index (χ0n) is 30.1. The van der Waals surface area contributed by atoms with E-state index in [1.165, 1.54) is 58.8 Å². The van der Waals surface area contributed by atoms with Crippen molar-refractivity contribution in [2.24, 2.45) is 0 Å². The summed E-state index contributed by atoms with van der Waals surface area (Å²) in [6.07, 6.45) is 5.68. The molecule has 276 valence electrons. The number of carbonyl (C=O) groups excluding carboxylic acids is 6. The van der Waals surface area contributed by atoms with Crippen LogP contribution in [0, 0.1) is 0 Å². The van der Waals surface area contributed by atoms with Crippen LogP contribution in [0.25, 0.3) is 0 Å². The van der Waals surface area contributed by atoms with E-state index in [4.69, 9.17) is 23.7 Å². The highest BCUT2D eigenvalue weighted by molar-refractivity contribution is 5.84. The number of hydrogen-bond acceptors (Lipinski definition) is 11. The Morgan fingerprint density at radius 3 is 1.71 bits per heavy atom. The van der Waals surface area contributed by atoms with Gasteiger partial charge >= 0.3 is 24.0 Å². The van der Waals surface area contributed by atoms with E-state index < -0.39 is 84.6 Å². The van der Waals surface area contributed by atoms with Gasteiger partial charge in [-0.15, -0.1) is 0 Å². The van der Waals surface area contributed by atoms with Gasteiger partial charge in [-0.3, -0.25) is 24.0 Å². The van der Waals surface area contributed by atoms with Crippen molar-refractivity contribution in [3.05, 3.63) is 0 Å². The zero-order chi connectivity index (χ0) is 36.3. The highest BCUT2D eigenvalue weighted by atomic mass is 16.6. The van der Waals surface area contributed by atoms with Gasteiger partial charge in [0.2, 0.25) is 5.91 Å². The van der Waals surface area contributed by atoms with Gasteiger partial charge < -0.3 is 39.6 Å². The lowest BCUT2D eigenvalue weighted by Crippen LogP contribution is -2.69. The molecule has 0 aromatic heterocycles. The molecule has 0 saturated carbocycles. The van der Waals surface area contributed by atoms with E-state index in [1.807, 2.05) is 0 Å². The molecular weight excluding hydrogens is 626 g/mol. The third kappa shape index (κ3) is 18.2. The number of hydrogen-bond donors (Lipinski definition) is 3. The van der Waals surface area contributed by atoms with Gasteiger partial charge in [0.25, 0.3) is 5.91 Å². The first-order valence-corrected chi connectivity index (χ1v) is 17.2. The summed E-state index contributed by atoms with van der Waals surface area (Å²) in [6.45, 7) is 11.5. The van der Waals surface area contributed by atoms with Crippen molar-refractivity contribution in [1.82, 2.24) is 16.0 Å². The fraction of sp³-hybridized carbons (Fsp3) is 0.824. The van der Waals surface area contributed by atoms with Crippen LogP contribution in [-0.2, 0) is 47.7 Å². The molecule has 48 heavy (non-hydrogen) atoms. The molecule has 0 aromatic carbocycles. The molecule has 14 nitrogen and oxygen atoms in total. The van der Waals surface area contributed by atoms with E-state index in [0.29, 0.717) is 12.8 Å². The Morgan fingerprint density at radius 2 is 1.23 bits per heavy atom. The van der Waals surface area contributed by atoms with Crippen LogP contribution in [0.2, 0.25) is 0 Å². The van der Waals surface area contributed by atoms with E-state index in [-0.39, 0.29) is 0 Å². The number of esters is 3. The van der Waals surface area contributed by atoms with Gasteiger partial charge in [-0.05, 0) is 33.6 Å². The Balaban J connectivity index is 3.14. The first kappa shape index (κ1) is 42.6. The van der Waals surface area contributed by atoms with Crippen LogP contribution in [0.4, 0.5) is 4.79 Å². The predicted octanol–water partition coefficient (Wildman–Crippen LogP) is 4.35. The van der Waals surface area contributed by atoms with Gasteiger partial charge in [0.15, 0.2) is 18.3 Å². The molecule has 3 N–H and O–H groups in total. The number of rotatable bonds is 20. The molecule has 1 fully saturated rings. The number of alkyl carbamates (subject to hydrolysis) is 1. The predicted molar refractivity (Wildman–Crippen MR) is 176 cm³/mol. The maximum Gasteiger partial charge on any atom is 0.409 e. The molecule has 1 heterocycles. The largest absolute Gasteiger partial charge is 0.463 e. The average molecular weight is 686 g/mol. The first-order chi connectivity index (χ1) is 22.5. The second-order valence-electron chi connectivity index (χ2n) is 13.3. The molecule has 1 aliphatic rings. The summed E-state index contributed by atoms with van der Waals surface area (Å²) in [4.78, 5) is 74.7. The summed E-state index contributed by atoms with van der Waals surface area (Å²) in [5.41, 5.74) is -0.787. The van der Waals surface area contributed by atoms with Crippen LogP contribution in [0.3, 0.4) is 0 Å². The molecule has 1 rings (SSSR count). The number of nitrogens with one attached hydrogen (secondary N) is 3. The number of amides is 3. The van der Waals surface area contributed by atoms with Gasteiger partial charge in [-0.1, -0.05) is 71.1 Å². The maximum atomic E-state index is 13.9. The first-order valence-electron chi connectivity index (χ1n) is 17.2. The SMILES string of the molecule is CCCCCCCCCCCCC[C@@H](NC(=O)OC(C)(C)C)NC(=O)[C@@H]1O[C@H](COC(C)=O)[C@@H](OC(C)=O)[C@H](OC(C)=O)[C@H]1NC(C)=O. The van der Waals surface area contributed by atoms with E-state index in [2.05, 4.69) is 22.9 Å². The molecular formula is C34H59N3O11. The smallest absolute Gasteiger partial charge is 0.409 e. The topological polar surface area (TPSA) is 185 Å². The Hall–Kier alpha value is -3.42. The van der Waals surface area contributed by atoms with Gasteiger partial charge in [0.1, 0.15) is 30.5 Å². The summed E-state index contributed by atoms with van der Waals surface area (Å²) in [7, 11) is 0. The van der Waals surface area contributed by atoms with Crippen molar-refractivity contribution in [2.45, 2.75) is 175 Å². The van der Waals surface area contributed by atoms with Crippen molar-refractivity contribution < 1.29 is 52.5 Å². The van der Waals surface area contributed by atoms with Crippen LogP contribution in [0.15, 0.2) is 0 Å². The summed E-state index contributed by atoms with van der Waals surface area (Å²) in [6, 6.07) is -1.31. The van der Waals surface area contributed by atoms with E-state index in [0.717, 1.165) is 33.1 Å². The minimum atomic E-state index is -1.51. The molecule has 0 radical (unpaired) electrons. The Morgan fingerprint density at radius 1 is 0.708 bits per heavy atom. The maximum absolute atomic E-state index is 13.9. The lowest BCUT2D eigenvalue weighted by Gasteiger charge is -2.44. The van der Waals surface area contributed by atoms with Crippen LogP contribution in [0.1, 0.15) is 132 Å². The summed E-state index contributed by atoms with van der Waals surface area (Å²) < 4.78 is 27.4. The van der Waals surface area contributed by atoms with Gasteiger partial charge in [-0.2, -0.15) is 0 Å². The lowest BCUT2D eigenvalue weighted by atomic mass is 9.91. The van der Waals surface area contributed by atoms with Gasteiger partial charge in [-0.25, -0.2) is 4.79 Å². The minimum absolute atomic E-state index is 0.375. The average Bonchev–Trinajstić information content (AvgIpc) is 2.95. The fourth-order valence-corrected chi connectivity index (χ4v) is 5.45. The van der Waals surface area contributed by atoms with Crippen molar-refractivity contribution in [2.75, 3.05) is 6.61 Å². The van der Waals surface area contributed by atoms with E-state index >= 15 is 0 Å². The monoisotopic (exact) mass is 685 g/mol. The normalized spacial score (nSPS) is 21.3. The van der Waals surface area contributed by atoms with Crippen LogP contribution < -0.4 is 16.0 Å². The minimum Gasteiger partial charge on any atom is -0.463 e. The fourth-order valence-electron chi connectivity index (χ4n) is 5.45. The van der Waals surface area contributed by atoms with Crippen LogP contribution in [-0.4, -0.2) is 84.6 Å². The molecule has 0 spiro atoms. The van der Waals surface area contributed by atoms with Gasteiger partial charge in [0.05, 0.1) is 0 Å². The highest BCUT2D eigenvalue weighted by Crippen LogP contribution is 2.28. The molecule has 0 unspecified atom stereocenters. The van der Waals surface area contributed by atoms with Crippen molar-refractivity contribution >= 4 is 35.8 Å². The summed E-state index contributed by atoms with van der Waals surface area (Å²) >= 11 is 0. The van der Waals surface area contributed by atoms with Crippen molar-refractivity contribution in [3.63, 3.8) is 0 Å². The molecule has 3 amide bonds. The molecule has 1 aliphatic heterocycles. The standard InChI is InChI=1S/C34H59N3O11/c1-9-10-11-12-13-14-15-16-17-18-19-20-27(37-33(43)48-34(6,7)8)36-32(42)31-28(35-22(2)38)30(46-25(5)41)29(45-24(4)40)26(47-31)21-44-23(3)39/h26-31H,9-21H2,1-8H3,(H,35,38)(H,36,42)(H,37,43)/t26-,27-,28-,29-,30-,31-/m1/s1. The molecule has 14 heteroatoms. The van der Waals surface area contributed by atoms with Gasteiger partial charge in [0, 0.05) is 27.7 Å². The molecule has 6 atom stereocenters. The molecule has 0 aromatic rings. The number of unbranched alkanes of at least 4 members (excludes halogenated alkanes) is 10. The second-order valence-corrected chi connectivity index (χ2v) is 13.3. The Bertz CT molecular complexity index is 1050. The van der Waals surface area contributed by atoms with Crippen LogP contribution in [0.5, 0.6) is 0 Å². The summed E-state index contributed by atoms with van der Waals surface area (Å²) in [5.74, 6) is -3.54. The summed E-state index contributed by atoms with van der Waals surface area (Å²) in [5, 5.41) is 8.06. The van der Waals surface area contributed by atoms with Crippen molar-refractivity contribution in [3.8, 4) is 0 Å². The zero-order valence-corrected chi connectivity index (χ0v) is 30.1. The number of carbonyl (C=O) groups is 6. The highest BCUT2D eigenvalue weighted by Gasteiger charge is 2.53. The van der Waals surface area contributed by atoms with Crippen molar-refractivity contribution in [1.29, 1.82) is 0 Å².